The average Bonchev–Trinajstić information content (AvgIpc) is 0.801. The summed E-state index contributed by atoms with van der Waals surface area (Å²) in [5, 5.41) is 24.5. The van der Waals surface area contributed by atoms with E-state index < -0.39 is 31.8 Å². The van der Waals surface area contributed by atoms with Gasteiger partial charge in [-0.2, -0.15) is 21.6 Å². The quantitative estimate of drug-likeness (QED) is 0.0349. The molecule has 0 aliphatic carbocycles. The van der Waals surface area contributed by atoms with Gasteiger partial charge in [0.1, 0.15) is 0 Å². The molecule has 0 fully saturated rings. The zero-order valence-corrected chi connectivity index (χ0v) is 76.0. The van der Waals surface area contributed by atoms with Crippen molar-refractivity contribution in [3.63, 3.8) is 0 Å². The number of hydrogen-bond acceptors (Lipinski definition) is 11. The number of alkyl halides is 3. The van der Waals surface area contributed by atoms with E-state index in [9.17, 15) is 13.2 Å². The number of aliphatic hydroxyl groups is 3. The molecule has 0 atom stereocenters. The van der Waals surface area contributed by atoms with Crippen LogP contribution in [0.25, 0.3) is 89.8 Å². The third kappa shape index (κ3) is 37.3. The Kier molecular flexibility index (Phi) is 49.0. The van der Waals surface area contributed by atoms with E-state index >= 15 is 0 Å². The zero-order valence-electron chi connectivity index (χ0n) is 68.4. The number of pyridine rings is 6. The summed E-state index contributed by atoms with van der Waals surface area (Å²) in [5.74, 6) is 1.29. The van der Waals surface area contributed by atoms with Crippen LogP contribution in [-0.4, -0.2) is 101 Å². The van der Waals surface area contributed by atoms with Crippen LogP contribution in [0.2, 0.25) is 39.3 Å². The van der Waals surface area contributed by atoms with Gasteiger partial charge in [-0.1, -0.05) is 213 Å². The Morgan fingerprint density at radius 1 is 0.364 bits per heavy atom. The van der Waals surface area contributed by atoms with Gasteiger partial charge in [0.05, 0.1) is 21.8 Å². The third-order valence-corrected chi connectivity index (χ3v) is 20.9. The minimum atomic E-state index is -5.84. The van der Waals surface area contributed by atoms with Crippen LogP contribution in [-0.2, 0) is 63.2 Å². The molecular weight excluding hydrogens is 1890 g/mol. The molecule has 0 unspecified atom stereocenters. The molecular formula is C98H108F3Ir2N6O6SSi2-2. The predicted octanol–water partition coefficient (Wildman–Crippen LogP) is 22.6. The predicted molar refractivity (Wildman–Crippen MR) is 480 cm³/mol. The van der Waals surface area contributed by atoms with E-state index in [1.54, 1.807) is 31.7 Å². The van der Waals surface area contributed by atoms with Gasteiger partial charge >= 0.3 is 35.7 Å². The summed E-state index contributed by atoms with van der Waals surface area (Å²) >= 11 is 0. The smallest absolute Gasteiger partial charge is 0.400 e. The summed E-state index contributed by atoms with van der Waals surface area (Å²) < 4.78 is 57.5. The number of benzene rings is 8. The summed E-state index contributed by atoms with van der Waals surface area (Å²) in [6.45, 7) is 25.5. The van der Waals surface area contributed by atoms with Crippen molar-refractivity contribution in [2.45, 2.75) is 99.7 Å². The molecule has 6 heterocycles. The molecule has 0 aliphatic rings. The van der Waals surface area contributed by atoms with Crippen molar-refractivity contribution in [3.05, 3.63) is 364 Å². The van der Waals surface area contributed by atoms with Crippen LogP contribution < -0.4 is 10.4 Å². The van der Waals surface area contributed by atoms with E-state index in [0.717, 1.165) is 89.0 Å². The summed E-state index contributed by atoms with van der Waals surface area (Å²) in [5.41, 5.74) is 14.7. The molecule has 8 aromatic carbocycles. The SMILES string of the molecule is C.CC(C)Cc1cc(-c2[c-]ccc(-c3ccccc3)c2)ncc1[Si](C)(C)C.CC(C)Cc1cc(-c2cccc(-c3ccccc3)c2)ncc1[Si](C)(C)C.CCO.CO.CO.O=S(=O)(O)C(F)(F)F.[Ir+3].[Ir].[c-]1ccccc1-c1ccccn1.[c-]1ccccc1-c1ccccn1.[c-]1ccccc1-c1ccccn1.[c-]1ccccc1-c1ccccn1. The topological polar surface area (TPSA) is 192 Å². The number of rotatable bonds is 14. The Labute approximate surface area is 728 Å². The summed E-state index contributed by atoms with van der Waals surface area (Å²) in [6, 6.07) is 111. The number of hydrogen-bond donors (Lipinski definition) is 4. The van der Waals surface area contributed by atoms with Crippen LogP contribution in [0.15, 0.2) is 322 Å². The molecule has 0 aliphatic heterocycles. The molecule has 118 heavy (non-hydrogen) atoms. The van der Waals surface area contributed by atoms with E-state index in [1.807, 2.05) is 182 Å². The largest absolute Gasteiger partial charge is 3.00 e. The molecule has 0 spiro atoms. The molecule has 12 nitrogen and oxygen atoms in total. The van der Waals surface area contributed by atoms with Gasteiger partial charge in [0.2, 0.25) is 0 Å². The molecule has 1 radical (unpaired) electrons. The third-order valence-electron chi connectivity index (χ3n) is 16.2. The Morgan fingerprint density at radius 3 is 0.932 bits per heavy atom. The molecule has 14 rings (SSSR count). The van der Waals surface area contributed by atoms with E-state index in [-0.39, 0.29) is 54.2 Å². The Bertz CT molecular complexity index is 4490. The number of halogens is 3. The summed E-state index contributed by atoms with van der Waals surface area (Å²) in [7, 11) is -6.64. The van der Waals surface area contributed by atoms with E-state index in [1.165, 1.54) is 49.3 Å². The van der Waals surface area contributed by atoms with Crippen molar-refractivity contribution in [1.29, 1.82) is 0 Å². The summed E-state index contributed by atoms with van der Waals surface area (Å²) in [4.78, 5) is 26.5. The maximum absolute atomic E-state index is 10.7. The molecule has 14 aromatic rings. The second kappa shape index (κ2) is 55.6. The fraction of sp³-hybridized carbons (Fsp3) is 0.204. The van der Waals surface area contributed by atoms with Gasteiger partial charge in [-0.3, -0.25) is 9.54 Å². The van der Waals surface area contributed by atoms with Gasteiger partial charge in [0, 0.05) is 83.7 Å². The molecule has 20 heteroatoms. The van der Waals surface area contributed by atoms with Crippen molar-refractivity contribution < 1.29 is 81.7 Å². The van der Waals surface area contributed by atoms with Crippen LogP contribution in [0.1, 0.15) is 53.2 Å². The maximum atomic E-state index is 10.7. The van der Waals surface area contributed by atoms with Gasteiger partial charge in [0.15, 0.2) is 0 Å². The maximum Gasteiger partial charge on any atom is 3.00 e. The fourth-order valence-corrected chi connectivity index (χ4v) is 14.3. The van der Waals surface area contributed by atoms with Gasteiger partial charge in [-0.05, 0) is 129 Å². The van der Waals surface area contributed by atoms with Crippen molar-refractivity contribution >= 4 is 36.6 Å². The first-order chi connectivity index (χ1) is 55.2. The van der Waals surface area contributed by atoms with Gasteiger partial charge in [-0.25, -0.2) is 0 Å². The van der Waals surface area contributed by atoms with Gasteiger partial charge in [0.25, 0.3) is 0 Å². The van der Waals surface area contributed by atoms with E-state index in [0.29, 0.717) is 11.8 Å². The summed E-state index contributed by atoms with van der Waals surface area (Å²) in [6.07, 6.45) is 13.6. The van der Waals surface area contributed by atoms with Crippen LogP contribution in [0.3, 0.4) is 0 Å². The van der Waals surface area contributed by atoms with Crippen LogP contribution in [0.5, 0.6) is 0 Å². The number of aliphatic hydroxyl groups excluding tert-OH is 3. The molecule has 0 bridgehead atoms. The Hall–Kier alpha value is -10.0. The molecule has 621 valence electrons. The standard InChI is InChI=1S/C24H29NSi.C24H28NSi.4C11H8N.C2H6O.CHF3O3S.2CH4O.CH4.2Ir/c2*1-18(2)14-22-16-23(25-17-24(22)26(3,4)5)21-13-9-12-20(15-21)19-10-7-6-8-11-19;4*1-2-6-10(7-3-1)11-8-4-5-9-12-11;1-2-3;2-1(3,4)8(5,6)7;2*1-2;;;/h6-13,15-18H,14H2,1-5H3;6-12,15-18H,14H2,1-5H3;4*1-6,8-9H;3H,2H2,1H3;(H,5,6,7);2*2H,1H3;1H4;;/q;5*-1;;;;;;;+3. The molecule has 0 saturated carbocycles. The van der Waals surface area contributed by atoms with Gasteiger partial charge < -0.3 is 40.2 Å². The Morgan fingerprint density at radius 2 is 0.644 bits per heavy atom. The zero-order chi connectivity index (χ0) is 84.1. The van der Waals surface area contributed by atoms with Crippen molar-refractivity contribution in [3.8, 4) is 89.8 Å². The van der Waals surface area contributed by atoms with Gasteiger partial charge in [-0.15, -0.1) is 179 Å². The molecule has 0 saturated heterocycles. The Balaban J connectivity index is 0.000000475. The minimum Gasteiger partial charge on any atom is -0.400 e. The fourth-order valence-electron chi connectivity index (χ4n) is 11.1. The van der Waals surface area contributed by atoms with Crippen LogP contribution in [0, 0.1) is 42.2 Å². The first-order valence-electron chi connectivity index (χ1n) is 37.5. The molecule has 4 N–H and O–H groups in total. The van der Waals surface area contributed by atoms with Crippen molar-refractivity contribution in [1.82, 2.24) is 29.9 Å². The first-order valence-corrected chi connectivity index (χ1v) is 45.9. The number of nitrogens with zero attached hydrogens (tertiary/aromatic N) is 6. The normalized spacial score (nSPS) is 10.3. The van der Waals surface area contributed by atoms with Crippen molar-refractivity contribution in [2.24, 2.45) is 11.8 Å². The second-order valence-electron chi connectivity index (χ2n) is 28.2. The van der Waals surface area contributed by atoms with Crippen LogP contribution >= 0.6 is 0 Å². The number of aromatic nitrogens is 6. The molecule has 6 aromatic heterocycles. The van der Waals surface area contributed by atoms with Crippen LogP contribution in [0.4, 0.5) is 13.2 Å². The minimum absolute atomic E-state index is 0. The van der Waals surface area contributed by atoms with Crippen molar-refractivity contribution in [2.75, 3.05) is 20.8 Å². The van der Waals surface area contributed by atoms with E-state index in [2.05, 4.69) is 233 Å². The average molecular weight is 2000 g/mol. The monoisotopic (exact) mass is 2000 g/mol. The second-order valence-corrected chi connectivity index (χ2v) is 39.6. The molecule has 0 amide bonds. The first kappa shape index (κ1) is 104. The van der Waals surface area contributed by atoms with E-state index in [4.69, 9.17) is 38.3 Å².